The number of aromatic hydroxyl groups is 1. The van der Waals surface area contributed by atoms with E-state index < -0.39 is 0 Å². The highest BCUT2D eigenvalue weighted by Crippen LogP contribution is 2.25. The number of rotatable bonds is 4. The smallest absolute Gasteiger partial charge is 0.129 e. The Balaban J connectivity index is 2.11. The molecule has 0 saturated heterocycles. The van der Waals surface area contributed by atoms with E-state index in [2.05, 4.69) is 5.32 Å². The van der Waals surface area contributed by atoms with Crippen molar-refractivity contribution in [2.24, 2.45) is 0 Å². The molecule has 112 valence electrons. The molecule has 3 heteroatoms. The van der Waals surface area contributed by atoms with E-state index in [-0.39, 0.29) is 11.9 Å². The van der Waals surface area contributed by atoms with Crippen molar-refractivity contribution in [3.8, 4) is 5.75 Å². The zero-order chi connectivity index (χ0) is 15.6. The first kappa shape index (κ1) is 15.5. The van der Waals surface area contributed by atoms with E-state index in [0.717, 1.165) is 16.7 Å². The quantitative estimate of drug-likeness (QED) is 0.878. The molecule has 0 aliphatic heterocycles. The minimum Gasteiger partial charge on any atom is -0.508 e. The molecular weight excluding hydrogens is 265 g/mol. The lowest BCUT2D eigenvalue weighted by Gasteiger charge is -2.17. The van der Waals surface area contributed by atoms with Crippen LogP contribution in [0.5, 0.6) is 5.75 Å². The number of hydrogen-bond donors (Lipinski definition) is 2. The summed E-state index contributed by atoms with van der Waals surface area (Å²) in [6.45, 7) is 8.21. The maximum atomic E-state index is 13.6. The van der Waals surface area contributed by atoms with Crippen molar-refractivity contribution in [2.45, 2.75) is 40.3 Å². The Hall–Kier alpha value is -1.87. The molecule has 0 aliphatic rings. The van der Waals surface area contributed by atoms with Crippen LogP contribution >= 0.6 is 0 Å². The number of phenols is 1. The molecule has 0 aliphatic carbocycles. The SMILES string of the molecule is Cc1ccc(O)c(C(C)NCc2cc(C)c(F)c(C)c2)c1. The monoisotopic (exact) mass is 287 g/mol. The summed E-state index contributed by atoms with van der Waals surface area (Å²) in [5, 5.41) is 13.3. The number of phenolic OH excluding ortho intramolecular Hbond substituents is 1. The van der Waals surface area contributed by atoms with Crippen LogP contribution in [0.2, 0.25) is 0 Å². The molecule has 0 amide bonds. The molecule has 0 radical (unpaired) electrons. The predicted octanol–water partition coefficient (Wildman–Crippen LogP) is 4.31. The van der Waals surface area contributed by atoms with Gasteiger partial charge in [-0.2, -0.15) is 0 Å². The molecule has 1 atom stereocenters. The number of aryl methyl sites for hydroxylation is 3. The molecule has 0 bridgehead atoms. The van der Waals surface area contributed by atoms with Crippen molar-refractivity contribution in [2.75, 3.05) is 0 Å². The predicted molar refractivity (Wildman–Crippen MR) is 84.0 cm³/mol. The molecular formula is C18H22FNO. The van der Waals surface area contributed by atoms with E-state index in [1.807, 2.05) is 38.1 Å². The number of benzene rings is 2. The minimum atomic E-state index is -0.136. The minimum absolute atomic E-state index is 0.0237. The average Bonchev–Trinajstić information content (AvgIpc) is 2.44. The zero-order valence-electron chi connectivity index (χ0n) is 13.0. The summed E-state index contributed by atoms with van der Waals surface area (Å²) < 4.78 is 13.6. The Morgan fingerprint density at radius 1 is 1.10 bits per heavy atom. The summed E-state index contributed by atoms with van der Waals surface area (Å²) in [5.74, 6) is 0.162. The van der Waals surface area contributed by atoms with Crippen molar-refractivity contribution in [3.63, 3.8) is 0 Å². The maximum absolute atomic E-state index is 13.6. The molecule has 0 fully saturated rings. The van der Waals surface area contributed by atoms with Crippen LogP contribution < -0.4 is 5.32 Å². The Bertz CT molecular complexity index is 629. The molecule has 2 nitrogen and oxygen atoms in total. The van der Waals surface area contributed by atoms with E-state index in [1.54, 1.807) is 19.9 Å². The fraction of sp³-hybridized carbons (Fsp3) is 0.333. The van der Waals surface area contributed by atoms with Gasteiger partial charge in [0.1, 0.15) is 11.6 Å². The highest BCUT2D eigenvalue weighted by Gasteiger charge is 2.11. The molecule has 2 rings (SSSR count). The van der Waals surface area contributed by atoms with Gasteiger partial charge in [-0.3, -0.25) is 0 Å². The van der Waals surface area contributed by atoms with Crippen LogP contribution in [0.15, 0.2) is 30.3 Å². The third-order valence-electron chi connectivity index (χ3n) is 3.76. The Kier molecular flexibility index (Phi) is 4.63. The molecule has 2 aromatic rings. The fourth-order valence-electron chi connectivity index (χ4n) is 2.54. The second kappa shape index (κ2) is 6.27. The summed E-state index contributed by atoms with van der Waals surface area (Å²) in [5.41, 5.74) is 4.37. The lowest BCUT2D eigenvalue weighted by Crippen LogP contribution is -2.18. The normalized spacial score (nSPS) is 12.4. The van der Waals surface area contributed by atoms with Gasteiger partial charge in [0.05, 0.1) is 0 Å². The number of hydrogen-bond acceptors (Lipinski definition) is 2. The molecule has 0 heterocycles. The first-order valence-electron chi connectivity index (χ1n) is 7.17. The van der Waals surface area contributed by atoms with Gasteiger partial charge in [-0.1, -0.05) is 29.8 Å². The Labute approximate surface area is 125 Å². The van der Waals surface area contributed by atoms with E-state index in [0.29, 0.717) is 23.4 Å². The van der Waals surface area contributed by atoms with Gasteiger partial charge in [0.15, 0.2) is 0 Å². The Morgan fingerprint density at radius 2 is 1.71 bits per heavy atom. The number of halogens is 1. The van der Waals surface area contributed by atoms with Gasteiger partial charge >= 0.3 is 0 Å². The second-order valence-corrected chi connectivity index (χ2v) is 5.71. The van der Waals surface area contributed by atoms with Gasteiger partial charge in [0, 0.05) is 18.2 Å². The van der Waals surface area contributed by atoms with Crippen molar-refractivity contribution in [1.29, 1.82) is 0 Å². The third-order valence-corrected chi connectivity index (χ3v) is 3.76. The van der Waals surface area contributed by atoms with Crippen LogP contribution in [0.1, 0.15) is 40.8 Å². The van der Waals surface area contributed by atoms with Gasteiger partial charge in [0.25, 0.3) is 0 Å². The molecule has 21 heavy (non-hydrogen) atoms. The van der Waals surface area contributed by atoms with E-state index >= 15 is 0 Å². The van der Waals surface area contributed by atoms with Gasteiger partial charge in [-0.05, 0) is 50.5 Å². The van der Waals surface area contributed by atoms with E-state index in [4.69, 9.17) is 0 Å². The highest BCUT2D eigenvalue weighted by atomic mass is 19.1. The summed E-state index contributed by atoms with van der Waals surface area (Å²) in [4.78, 5) is 0. The lowest BCUT2D eigenvalue weighted by atomic mass is 10.0. The molecule has 1 unspecified atom stereocenters. The first-order valence-corrected chi connectivity index (χ1v) is 7.17. The van der Waals surface area contributed by atoms with Crippen LogP contribution in [0, 0.1) is 26.6 Å². The summed E-state index contributed by atoms with van der Waals surface area (Å²) in [7, 11) is 0. The van der Waals surface area contributed by atoms with Crippen LogP contribution in [0.3, 0.4) is 0 Å². The van der Waals surface area contributed by atoms with Crippen molar-refractivity contribution in [1.82, 2.24) is 5.32 Å². The number of nitrogens with one attached hydrogen (secondary N) is 1. The molecule has 0 saturated carbocycles. The standard InChI is InChI=1S/C18H22FNO/c1-11-5-6-17(21)16(7-11)14(4)20-10-15-8-12(2)18(19)13(3)9-15/h5-9,14,20-21H,10H2,1-4H3. The second-order valence-electron chi connectivity index (χ2n) is 5.71. The topological polar surface area (TPSA) is 32.3 Å². The average molecular weight is 287 g/mol. The summed E-state index contributed by atoms with van der Waals surface area (Å²) in [6.07, 6.45) is 0. The molecule has 0 aromatic heterocycles. The van der Waals surface area contributed by atoms with E-state index in [9.17, 15) is 9.50 Å². The van der Waals surface area contributed by atoms with Gasteiger partial charge in [-0.15, -0.1) is 0 Å². The van der Waals surface area contributed by atoms with Gasteiger partial charge in [-0.25, -0.2) is 4.39 Å². The van der Waals surface area contributed by atoms with E-state index in [1.165, 1.54) is 0 Å². The highest BCUT2D eigenvalue weighted by molar-refractivity contribution is 5.38. The van der Waals surface area contributed by atoms with Crippen molar-refractivity contribution >= 4 is 0 Å². The fourth-order valence-corrected chi connectivity index (χ4v) is 2.54. The largest absolute Gasteiger partial charge is 0.508 e. The zero-order valence-corrected chi connectivity index (χ0v) is 13.0. The van der Waals surface area contributed by atoms with Gasteiger partial charge in [0.2, 0.25) is 0 Å². The van der Waals surface area contributed by atoms with Crippen LogP contribution in [-0.4, -0.2) is 5.11 Å². The van der Waals surface area contributed by atoms with Crippen LogP contribution in [-0.2, 0) is 6.54 Å². The Morgan fingerprint density at radius 3 is 2.33 bits per heavy atom. The summed E-state index contributed by atoms with van der Waals surface area (Å²) in [6, 6.07) is 9.33. The first-order chi connectivity index (χ1) is 9.88. The van der Waals surface area contributed by atoms with Crippen LogP contribution in [0.25, 0.3) is 0 Å². The van der Waals surface area contributed by atoms with Crippen molar-refractivity contribution in [3.05, 3.63) is 64.0 Å². The van der Waals surface area contributed by atoms with Crippen LogP contribution in [0.4, 0.5) is 4.39 Å². The molecule has 0 spiro atoms. The maximum Gasteiger partial charge on any atom is 0.129 e. The lowest BCUT2D eigenvalue weighted by molar-refractivity contribution is 0.452. The third kappa shape index (κ3) is 3.61. The van der Waals surface area contributed by atoms with Gasteiger partial charge < -0.3 is 10.4 Å². The molecule has 2 N–H and O–H groups in total. The molecule has 2 aromatic carbocycles. The van der Waals surface area contributed by atoms with Crippen molar-refractivity contribution < 1.29 is 9.50 Å². The summed E-state index contributed by atoms with van der Waals surface area (Å²) >= 11 is 0.